The van der Waals surface area contributed by atoms with Crippen molar-refractivity contribution >= 4 is 17.3 Å². The van der Waals surface area contributed by atoms with Crippen molar-refractivity contribution in [1.82, 2.24) is 0 Å². The zero-order valence-electron chi connectivity index (χ0n) is 10.9. The van der Waals surface area contributed by atoms with Gasteiger partial charge in [0, 0.05) is 17.3 Å². The summed E-state index contributed by atoms with van der Waals surface area (Å²) in [6, 6.07) is 12.1. The molecule has 2 aromatic carbocycles. The highest BCUT2D eigenvalue weighted by Gasteiger charge is 2.27. The van der Waals surface area contributed by atoms with Gasteiger partial charge in [0.2, 0.25) is 5.91 Å². The Morgan fingerprint density at radius 2 is 1.80 bits per heavy atom. The molecule has 0 aromatic heterocycles. The van der Waals surface area contributed by atoms with Crippen LogP contribution in [0.4, 0.5) is 15.8 Å². The molecule has 4 heteroatoms. The molecule has 0 heterocycles. The van der Waals surface area contributed by atoms with Crippen LogP contribution in [0, 0.1) is 11.7 Å². The van der Waals surface area contributed by atoms with Gasteiger partial charge in [-0.05, 0) is 42.2 Å². The third kappa shape index (κ3) is 2.50. The topological polar surface area (TPSA) is 55.1 Å². The summed E-state index contributed by atoms with van der Waals surface area (Å²) in [5.41, 5.74) is 8.70. The first-order valence-corrected chi connectivity index (χ1v) is 6.55. The molecular formula is C16H15FN2O. The molecule has 0 bridgehead atoms. The number of fused-ring (bicyclic) bond motifs is 1. The van der Waals surface area contributed by atoms with Gasteiger partial charge in [-0.1, -0.05) is 24.3 Å². The molecule has 1 aliphatic carbocycles. The molecule has 20 heavy (non-hydrogen) atoms. The minimum atomic E-state index is -0.449. The number of hydrogen-bond acceptors (Lipinski definition) is 2. The quantitative estimate of drug-likeness (QED) is 0.824. The Hall–Kier alpha value is -2.36. The fourth-order valence-electron chi connectivity index (χ4n) is 2.67. The Labute approximate surface area is 116 Å². The van der Waals surface area contributed by atoms with Crippen LogP contribution in [0.5, 0.6) is 0 Å². The van der Waals surface area contributed by atoms with E-state index >= 15 is 0 Å². The van der Waals surface area contributed by atoms with E-state index in [4.69, 9.17) is 5.73 Å². The number of carbonyl (C=O) groups excluding carboxylic acids is 1. The maximum atomic E-state index is 13.2. The maximum Gasteiger partial charge on any atom is 0.228 e. The second kappa shape index (κ2) is 4.96. The number of rotatable bonds is 2. The Morgan fingerprint density at radius 3 is 2.40 bits per heavy atom. The number of anilines is 2. The largest absolute Gasteiger partial charge is 0.399 e. The van der Waals surface area contributed by atoms with Crippen molar-refractivity contribution in [3.8, 4) is 0 Å². The highest BCUT2D eigenvalue weighted by molar-refractivity contribution is 5.93. The van der Waals surface area contributed by atoms with E-state index in [9.17, 15) is 9.18 Å². The van der Waals surface area contributed by atoms with Crippen molar-refractivity contribution in [2.45, 2.75) is 12.8 Å². The summed E-state index contributed by atoms with van der Waals surface area (Å²) in [6.07, 6.45) is 1.46. The second-order valence-electron chi connectivity index (χ2n) is 5.14. The minimum absolute atomic E-state index is 0.0915. The van der Waals surface area contributed by atoms with E-state index in [-0.39, 0.29) is 11.8 Å². The fourth-order valence-corrected chi connectivity index (χ4v) is 2.67. The lowest BCUT2D eigenvalue weighted by Crippen LogP contribution is -2.23. The first-order chi connectivity index (χ1) is 9.61. The van der Waals surface area contributed by atoms with Crippen LogP contribution in [-0.2, 0) is 17.6 Å². The molecule has 3 rings (SSSR count). The molecule has 1 aliphatic rings. The number of nitrogens with two attached hydrogens (primary N) is 1. The smallest absolute Gasteiger partial charge is 0.228 e. The molecule has 0 saturated carbocycles. The molecule has 1 amide bonds. The summed E-state index contributed by atoms with van der Waals surface area (Å²) >= 11 is 0. The fraction of sp³-hybridized carbons (Fsp3) is 0.188. The van der Waals surface area contributed by atoms with Crippen LogP contribution in [-0.4, -0.2) is 5.91 Å². The Balaban J connectivity index is 1.72. The zero-order valence-corrected chi connectivity index (χ0v) is 10.9. The lowest BCUT2D eigenvalue weighted by atomic mass is 10.1. The third-order valence-electron chi connectivity index (χ3n) is 3.61. The summed E-state index contributed by atoms with van der Waals surface area (Å²) in [5.74, 6) is -0.641. The van der Waals surface area contributed by atoms with Gasteiger partial charge >= 0.3 is 0 Å². The molecule has 102 valence electrons. The number of halogens is 1. The van der Waals surface area contributed by atoms with Crippen LogP contribution in [0.25, 0.3) is 0 Å². The minimum Gasteiger partial charge on any atom is -0.399 e. The predicted octanol–water partition coefficient (Wildman–Crippen LogP) is 2.76. The van der Waals surface area contributed by atoms with Gasteiger partial charge in [0.15, 0.2) is 0 Å². The molecule has 0 radical (unpaired) electrons. The normalized spacial score (nSPS) is 14.1. The van der Waals surface area contributed by atoms with E-state index in [0.717, 1.165) is 12.8 Å². The van der Waals surface area contributed by atoms with Crippen molar-refractivity contribution in [1.29, 1.82) is 0 Å². The first-order valence-electron chi connectivity index (χ1n) is 6.55. The number of benzene rings is 2. The summed E-state index contributed by atoms with van der Waals surface area (Å²) in [6.45, 7) is 0. The monoisotopic (exact) mass is 270 g/mol. The van der Waals surface area contributed by atoms with E-state index < -0.39 is 5.82 Å². The Bertz CT molecular complexity index is 624. The Kier molecular flexibility index (Phi) is 3.14. The van der Waals surface area contributed by atoms with Crippen molar-refractivity contribution < 1.29 is 9.18 Å². The highest BCUT2D eigenvalue weighted by atomic mass is 19.1. The average Bonchev–Trinajstić information content (AvgIpc) is 2.81. The third-order valence-corrected chi connectivity index (χ3v) is 3.61. The van der Waals surface area contributed by atoms with Crippen molar-refractivity contribution in [2.75, 3.05) is 11.1 Å². The molecule has 0 atom stereocenters. The predicted molar refractivity (Wildman–Crippen MR) is 76.8 cm³/mol. The summed E-state index contributed by atoms with van der Waals surface area (Å²) in [7, 11) is 0. The van der Waals surface area contributed by atoms with Gasteiger partial charge in [-0.2, -0.15) is 0 Å². The van der Waals surface area contributed by atoms with Crippen LogP contribution >= 0.6 is 0 Å². The maximum absolute atomic E-state index is 13.2. The van der Waals surface area contributed by atoms with Gasteiger partial charge in [0.05, 0.1) is 0 Å². The van der Waals surface area contributed by atoms with Crippen LogP contribution in [0.2, 0.25) is 0 Å². The average molecular weight is 270 g/mol. The van der Waals surface area contributed by atoms with E-state index in [1.165, 1.54) is 23.3 Å². The number of hydrogen-bond donors (Lipinski definition) is 2. The lowest BCUT2D eigenvalue weighted by Gasteiger charge is -2.11. The summed E-state index contributed by atoms with van der Waals surface area (Å²) < 4.78 is 13.2. The van der Waals surface area contributed by atoms with Crippen molar-refractivity contribution in [2.24, 2.45) is 5.92 Å². The van der Waals surface area contributed by atoms with Crippen molar-refractivity contribution in [3.05, 3.63) is 59.4 Å². The number of carbonyl (C=O) groups is 1. The van der Waals surface area contributed by atoms with E-state index in [0.29, 0.717) is 11.4 Å². The second-order valence-corrected chi connectivity index (χ2v) is 5.14. The van der Waals surface area contributed by atoms with Gasteiger partial charge in [0.25, 0.3) is 0 Å². The van der Waals surface area contributed by atoms with Crippen LogP contribution in [0.1, 0.15) is 11.1 Å². The number of nitrogens with one attached hydrogen (secondary N) is 1. The van der Waals surface area contributed by atoms with Crippen LogP contribution in [0.15, 0.2) is 42.5 Å². The van der Waals surface area contributed by atoms with E-state index in [1.807, 2.05) is 24.3 Å². The first kappa shape index (κ1) is 12.7. The number of nitrogen functional groups attached to an aromatic ring is 1. The van der Waals surface area contributed by atoms with E-state index in [2.05, 4.69) is 5.32 Å². The van der Waals surface area contributed by atoms with Crippen LogP contribution in [0.3, 0.4) is 0 Å². The van der Waals surface area contributed by atoms with E-state index in [1.54, 1.807) is 6.07 Å². The molecule has 0 spiro atoms. The standard InChI is InChI=1S/C16H15FN2O/c17-13-7-14(18)9-15(8-13)19-16(20)12-5-10-3-1-2-4-11(10)6-12/h1-4,7-9,12H,5-6,18H2,(H,19,20). The number of amides is 1. The zero-order chi connectivity index (χ0) is 14.1. The van der Waals surface area contributed by atoms with Crippen molar-refractivity contribution in [3.63, 3.8) is 0 Å². The highest BCUT2D eigenvalue weighted by Crippen LogP contribution is 2.27. The molecular weight excluding hydrogens is 255 g/mol. The summed E-state index contributed by atoms with van der Waals surface area (Å²) in [4.78, 5) is 12.2. The lowest BCUT2D eigenvalue weighted by molar-refractivity contribution is -0.119. The van der Waals surface area contributed by atoms with Gasteiger partial charge in [-0.25, -0.2) is 4.39 Å². The Morgan fingerprint density at radius 1 is 1.15 bits per heavy atom. The molecule has 0 aliphatic heterocycles. The van der Waals surface area contributed by atoms with Gasteiger partial charge in [0.1, 0.15) is 5.82 Å². The van der Waals surface area contributed by atoms with Gasteiger partial charge in [-0.3, -0.25) is 4.79 Å². The molecule has 0 unspecified atom stereocenters. The molecule has 2 aromatic rings. The van der Waals surface area contributed by atoms with Gasteiger partial charge in [-0.15, -0.1) is 0 Å². The summed E-state index contributed by atoms with van der Waals surface area (Å²) in [5, 5.41) is 2.74. The molecule has 3 nitrogen and oxygen atoms in total. The molecule has 3 N–H and O–H groups in total. The molecule has 0 saturated heterocycles. The SMILES string of the molecule is Nc1cc(F)cc(NC(=O)C2Cc3ccccc3C2)c1. The van der Waals surface area contributed by atoms with Gasteiger partial charge < -0.3 is 11.1 Å². The molecule has 0 fully saturated rings. The van der Waals surface area contributed by atoms with Crippen LogP contribution < -0.4 is 11.1 Å².